The summed E-state index contributed by atoms with van der Waals surface area (Å²) in [4.78, 5) is 14.1. The Morgan fingerprint density at radius 1 is 1.13 bits per heavy atom. The van der Waals surface area contributed by atoms with Crippen molar-refractivity contribution in [2.24, 2.45) is 0 Å². The number of rotatable bonds is 6. The van der Waals surface area contributed by atoms with E-state index in [1.54, 1.807) is 4.90 Å². The number of carbonyl (C=O) groups is 1. The number of fused-ring (bicyclic) bond motifs is 1. The molecule has 5 heteroatoms. The number of hydrogen-bond acceptors (Lipinski definition) is 4. The number of carbonyl (C=O) groups excluding carboxylic acids is 1. The zero-order chi connectivity index (χ0) is 16.1. The van der Waals surface area contributed by atoms with Crippen LogP contribution in [0.5, 0.6) is 11.5 Å². The van der Waals surface area contributed by atoms with Gasteiger partial charge in [0.25, 0.3) is 0 Å². The van der Waals surface area contributed by atoms with E-state index in [1.165, 1.54) is 0 Å². The van der Waals surface area contributed by atoms with Crippen molar-refractivity contribution in [2.45, 2.75) is 13.5 Å². The second kappa shape index (κ2) is 7.15. The lowest BCUT2D eigenvalue weighted by molar-refractivity contribution is -0.117. The molecule has 0 saturated carbocycles. The number of anilines is 1. The smallest absolute Gasteiger partial charge is 0.240 e. The van der Waals surface area contributed by atoms with Crippen LogP contribution in [0.3, 0.4) is 0 Å². The first kappa shape index (κ1) is 15.4. The second-order valence-corrected chi connectivity index (χ2v) is 5.26. The molecule has 0 saturated heterocycles. The Kier molecular flexibility index (Phi) is 4.78. The van der Waals surface area contributed by atoms with Crippen LogP contribution in [-0.4, -0.2) is 25.8 Å². The molecule has 0 aliphatic carbocycles. The van der Waals surface area contributed by atoms with Crippen molar-refractivity contribution in [3.8, 4) is 11.5 Å². The molecule has 120 valence electrons. The first-order valence-corrected chi connectivity index (χ1v) is 7.72. The van der Waals surface area contributed by atoms with Crippen LogP contribution in [0.25, 0.3) is 0 Å². The molecule has 1 N–H and O–H groups in total. The highest BCUT2D eigenvalue weighted by Gasteiger charge is 2.15. The topological polar surface area (TPSA) is 50.8 Å². The minimum atomic E-state index is 0.0550. The molecule has 3 rings (SSSR count). The number of ether oxygens (including phenoxy) is 2. The van der Waals surface area contributed by atoms with Crippen molar-refractivity contribution in [2.75, 3.05) is 24.8 Å². The number of nitrogens with zero attached hydrogens (tertiary/aromatic N) is 1. The zero-order valence-corrected chi connectivity index (χ0v) is 13.1. The Labute approximate surface area is 135 Å². The predicted octanol–water partition coefficient (Wildman–Crippen LogP) is 2.56. The predicted molar refractivity (Wildman–Crippen MR) is 88.7 cm³/mol. The summed E-state index contributed by atoms with van der Waals surface area (Å²) in [5.41, 5.74) is 1.98. The average Bonchev–Trinajstić information content (AvgIpc) is 3.04. The van der Waals surface area contributed by atoms with Gasteiger partial charge in [0.15, 0.2) is 11.5 Å². The maximum Gasteiger partial charge on any atom is 0.240 e. The monoisotopic (exact) mass is 312 g/mol. The van der Waals surface area contributed by atoms with Gasteiger partial charge in [0.05, 0.1) is 6.54 Å². The minimum Gasteiger partial charge on any atom is -0.454 e. The fraction of sp³-hybridized carbons (Fsp3) is 0.278. The van der Waals surface area contributed by atoms with Crippen molar-refractivity contribution in [3.05, 3.63) is 54.1 Å². The lowest BCUT2D eigenvalue weighted by Gasteiger charge is -2.21. The van der Waals surface area contributed by atoms with E-state index < -0.39 is 0 Å². The van der Waals surface area contributed by atoms with Crippen molar-refractivity contribution in [3.63, 3.8) is 0 Å². The molecule has 1 aliphatic rings. The molecule has 5 nitrogen and oxygen atoms in total. The van der Waals surface area contributed by atoms with Gasteiger partial charge in [-0.2, -0.15) is 0 Å². The van der Waals surface area contributed by atoms with Gasteiger partial charge in [0.2, 0.25) is 12.7 Å². The van der Waals surface area contributed by atoms with Gasteiger partial charge >= 0.3 is 0 Å². The Balaban J connectivity index is 1.54. The van der Waals surface area contributed by atoms with Gasteiger partial charge < -0.3 is 19.7 Å². The first-order valence-electron chi connectivity index (χ1n) is 7.72. The molecule has 23 heavy (non-hydrogen) atoms. The van der Waals surface area contributed by atoms with Gasteiger partial charge in [0, 0.05) is 18.8 Å². The molecule has 0 bridgehead atoms. The Hall–Kier alpha value is -2.53. The Bertz CT molecular complexity index is 673. The van der Waals surface area contributed by atoms with Crippen LogP contribution in [0.4, 0.5) is 5.69 Å². The highest BCUT2D eigenvalue weighted by Crippen LogP contribution is 2.32. The number of para-hydroxylation sites is 1. The summed E-state index contributed by atoms with van der Waals surface area (Å²) in [5, 5.41) is 3.19. The van der Waals surface area contributed by atoms with Gasteiger partial charge in [0.1, 0.15) is 0 Å². The molecule has 0 fully saturated rings. The summed E-state index contributed by atoms with van der Waals surface area (Å²) >= 11 is 0. The number of hydrogen-bond donors (Lipinski definition) is 1. The lowest BCUT2D eigenvalue weighted by atomic mass is 10.2. The van der Waals surface area contributed by atoms with E-state index in [0.717, 1.165) is 22.7 Å². The van der Waals surface area contributed by atoms with Gasteiger partial charge in [-0.05, 0) is 36.8 Å². The van der Waals surface area contributed by atoms with Crippen molar-refractivity contribution >= 4 is 11.6 Å². The summed E-state index contributed by atoms with van der Waals surface area (Å²) in [6, 6.07) is 15.5. The Morgan fingerprint density at radius 2 is 1.91 bits per heavy atom. The normalized spacial score (nSPS) is 12.2. The van der Waals surface area contributed by atoms with Gasteiger partial charge in [-0.15, -0.1) is 0 Å². The van der Waals surface area contributed by atoms with Crippen LogP contribution in [0.1, 0.15) is 12.5 Å². The van der Waals surface area contributed by atoms with Crippen molar-refractivity contribution in [1.82, 2.24) is 5.32 Å². The molecule has 0 aromatic heterocycles. The van der Waals surface area contributed by atoms with Crippen LogP contribution in [-0.2, 0) is 11.3 Å². The fourth-order valence-corrected chi connectivity index (χ4v) is 2.57. The summed E-state index contributed by atoms with van der Waals surface area (Å²) < 4.78 is 10.6. The van der Waals surface area contributed by atoms with E-state index in [-0.39, 0.29) is 19.2 Å². The molecule has 0 atom stereocenters. The maximum atomic E-state index is 12.4. The highest BCUT2D eigenvalue weighted by molar-refractivity contribution is 5.94. The van der Waals surface area contributed by atoms with Gasteiger partial charge in [-0.25, -0.2) is 0 Å². The summed E-state index contributed by atoms with van der Waals surface area (Å²) in [5.74, 6) is 1.58. The van der Waals surface area contributed by atoms with Crippen LogP contribution >= 0.6 is 0 Å². The first-order chi connectivity index (χ1) is 11.3. The van der Waals surface area contributed by atoms with Crippen LogP contribution in [0, 0.1) is 0 Å². The SMILES string of the molecule is CCN(C(=O)CNCc1ccc2c(c1)OCO2)c1ccccc1. The quantitative estimate of drug-likeness (QED) is 0.890. The van der Waals surface area contributed by atoms with E-state index in [4.69, 9.17) is 9.47 Å². The van der Waals surface area contributed by atoms with Crippen LogP contribution < -0.4 is 19.7 Å². The van der Waals surface area contributed by atoms with Crippen molar-refractivity contribution < 1.29 is 14.3 Å². The number of nitrogens with one attached hydrogen (secondary N) is 1. The standard InChI is InChI=1S/C18H20N2O3/c1-2-20(15-6-4-3-5-7-15)18(21)12-19-11-14-8-9-16-17(10-14)23-13-22-16/h3-10,19H,2,11-13H2,1H3. The van der Waals surface area contributed by atoms with Gasteiger partial charge in [-0.3, -0.25) is 4.79 Å². The molecule has 1 amide bonds. The van der Waals surface area contributed by atoms with E-state index in [0.29, 0.717) is 13.1 Å². The molecule has 0 spiro atoms. The lowest BCUT2D eigenvalue weighted by Crippen LogP contribution is -2.38. The fourth-order valence-electron chi connectivity index (χ4n) is 2.57. The summed E-state index contributed by atoms with van der Waals surface area (Å²) in [7, 11) is 0. The molecular weight excluding hydrogens is 292 g/mol. The molecule has 1 aliphatic heterocycles. The van der Waals surface area contributed by atoms with E-state index >= 15 is 0 Å². The average molecular weight is 312 g/mol. The summed E-state index contributed by atoms with van der Waals surface area (Å²) in [6.45, 7) is 3.79. The molecule has 0 unspecified atom stereocenters. The molecule has 2 aromatic rings. The minimum absolute atomic E-state index is 0.0550. The van der Waals surface area contributed by atoms with E-state index in [2.05, 4.69) is 5.32 Å². The molecule has 2 aromatic carbocycles. The second-order valence-electron chi connectivity index (χ2n) is 5.26. The molecular formula is C18H20N2O3. The number of likely N-dealkylation sites (N-methyl/N-ethyl adjacent to an activating group) is 1. The summed E-state index contributed by atoms with van der Waals surface area (Å²) in [6.07, 6.45) is 0. The zero-order valence-electron chi connectivity index (χ0n) is 13.1. The van der Waals surface area contributed by atoms with Crippen LogP contribution in [0.2, 0.25) is 0 Å². The van der Waals surface area contributed by atoms with Crippen molar-refractivity contribution in [1.29, 1.82) is 0 Å². The van der Waals surface area contributed by atoms with E-state index in [1.807, 2.05) is 55.5 Å². The highest BCUT2D eigenvalue weighted by atomic mass is 16.7. The van der Waals surface area contributed by atoms with Crippen LogP contribution in [0.15, 0.2) is 48.5 Å². The molecule has 1 heterocycles. The number of amides is 1. The van der Waals surface area contributed by atoms with E-state index in [9.17, 15) is 4.79 Å². The number of benzene rings is 2. The Morgan fingerprint density at radius 3 is 2.70 bits per heavy atom. The third-order valence-electron chi connectivity index (χ3n) is 3.73. The maximum absolute atomic E-state index is 12.4. The third-order valence-corrected chi connectivity index (χ3v) is 3.73. The molecule has 0 radical (unpaired) electrons. The largest absolute Gasteiger partial charge is 0.454 e. The van der Waals surface area contributed by atoms with Gasteiger partial charge in [-0.1, -0.05) is 24.3 Å². The third kappa shape index (κ3) is 3.63.